The van der Waals surface area contributed by atoms with Crippen LogP contribution < -0.4 is 9.47 Å². The van der Waals surface area contributed by atoms with Gasteiger partial charge in [0.25, 0.3) is 5.01 Å². The summed E-state index contributed by atoms with van der Waals surface area (Å²) in [6, 6.07) is 16.7. The fourth-order valence-corrected chi connectivity index (χ4v) is 5.20. The first-order valence-electron chi connectivity index (χ1n) is 10.1. The summed E-state index contributed by atoms with van der Waals surface area (Å²) in [5.74, 6) is -0.736. The number of rotatable bonds is 7. The summed E-state index contributed by atoms with van der Waals surface area (Å²) in [7, 11) is 2.09. The SMILES string of the molecule is C[n+]1c(/C=C2\C=C(Cl)N(CCCCCC(=O)O)c3ccccc32)sc2ccccc21. The first-order valence-corrected chi connectivity index (χ1v) is 11.3. The Morgan fingerprint density at radius 1 is 1.13 bits per heavy atom. The quantitative estimate of drug-likeness (QED) is 0.287. The van der Waals surface area contributed by atoms with E-state index in [1.54, 1.807) is 11.3 Å². The average Bonchev–Trinajstić information content (AvgIpc) is 3.05. The molecule has 154 valence electrons. The molecule has 1 N–H and O–H groups in total. The van der Waals surface area contributed by atoms with E-state index in [2.05, 4.69) is 65.1 Å². The van der Waals surface area contributed by atoms with Crippen molar-refractivity contribution in [2.24, 2.45) is 7.05 Å². The molecule has 2 heterocycles. The highest BCUT2D eigenvalue weighted by atomic mass is 35.5. The fraction of sp³-hybridized carbons (Fsp3) is 0.250. The number of carboxylic acid groups (broad SMARTS) is 1. The first kappa shape index (κ1) is 20.6. The van der Waals surface area contributed by atoms with Gasteiger partial charge >= 0.3 is 5.97 Å². The molecular formula is C24H24ClN2O2S+. The molecule has 2 aromatic carbocycles. The van der Waals surface area contributed by atoms with Crippen LogP contribution in [0.5, 0.6) is 0 Å². The predicted molar refractivity (Wildman–Crippen MR) is 125 cm³/mol. The molecule has 0 saturated carbocycles. The second-order valence-electron chi connectivity index (χ2n) is 7.41. The highest BCUT2D eigenvalue weighted by Gasteiger charge is 2.23. The maximum Gasteiger partial charge on any atom is 0.303 e. The molecule has 0 saturated heterocycles. The van der Waals surface area contributed by atoms with Crippen LogP contribution in [-0.4, -0.2) is 17.6 Å². The van der Waals surface area contributed by atoms with Gasteiger partial charge in [0.2, 0.25) is 5.52 Å². The number of carbonyl (C=O) groups is 1. The lowest BCUT2D eigenvalue weighted by molar-refractivity contribution is -0.642. The van der Waals surface area contributed by atoms with Gasteiger partial charge in [0.05, 0.1) is 0 Å². The van der Waals surface area contributed by atoms with Crippen molar-refractivity contribution in [2.75, 3.05) is 11.4 Å². The Balaban J connectivity index is 1.62. The number of aromatic nitrogens is 1. The Bertz CT molecular complexity index is 1150. The van der Waals surface area contributed by atoms with Crippen LogP contribution in [0.2, 0.25) is 0 Å². The monoisotopic (exact) mass is 439 g/mol. The number of hydrogen-bond acceptors (Lipinski definition) is 3. The number of thiazole rings is 1. The molecule has 30 heavy (non-hydrogen) atoms. The Hall–Kier alpha value is -2.63. The molecule has 0 fully saturated rings. The van der Waals surface area contributed by atoms with Gasteiger partial charge in [-0.25, -0.2) is 0 Å². The van der Waals surface area contributed by atoms with E-state index in [4.69, 9.17) is 16.7 Å². The Labute approximate surface area is 185 Å². The summed E-state index contributed by atoms with van der Waals surface area (Å²) in [5.41, 5.74) is 4.57. The molecule has 3 aromatic rings. The van der Waals surface area contributed by atoms with Gasteiger partial charge in [-0.3, -0.25) is 4.79 Å². The normalized spacial score (nSPS) is 14.8. The zero-order valence-electron chi connectivity index (χ0n) is 16.8. The van der Waals surface area contributed by atoms with Crippen LogP contribution in [0, 0.1) is 0 Å². The Morgan fingerprint density at radius 3 is 2.70 bits per heavy atom. The van der Waals surface area contributed by atoms with Crippen LogP contribution in [0.25, 0.3) is 21.9 Å². The van der Waals surface area contributed by atoms with Crippen molar-refractivity contribution in [2.45, 2.75) is 25.7 Å². The summed E-state index contributed by atoms with van der Waals surface area (Å²) in [4.78, 5) is 12.8. The van der Waals surface area contributed by atoms with E-state index in [1.165, 1.54) is 15.2 Å². The summed E-state index contributed by atoms with van der Waals surface area (Å²) in [6.07, 6.45) is 6.92. The van der Waals surface area contributed by atoms with Crippen molar-refractivity contribution >= 4 is 56.5 Å². The molecule has 4 nitrogen and oxygen atoms in total. The van der Waals surface area contributed by atoms with E-state index in [-0.39, 0.29) is 6.42 Å². The molecule has 0 atom stereocenters. The summed E-state index contributed by atoms with van der Waals surface area (Å²) in [6.45, 7) is 0.774. The lowest BCUT2D eigenvalue weighted by atomic mass is 9.99. The van der Waals surface area contributed by atoms with E-state index < -0.39 is 5.97 Å². The summed E-state index contributed by atoms with van der Waals surface area (Å²) >= 11 is 8.47. The molecule has 1 aliphatic heterocycles. The lowest BCUT2D eigenvalue weighted by Crippen LogP contribution is -2.29. The van der Waals surface area contributed by atoms with Crippen LogP contribution in [-0.2, 0) is 11.8 Å². The maximum atomic E-state index is 10.7. The molecule has 0 bridgehead atoms. The van der Waals surface area contributed by atoms with Gasteiger partial charge in [0, 0.05) is 36.4 Å². The number of benzene rings is 2. The zero-order valence-corrected chi connectivity index (χ0v) is 18.4. The van der Waals surface area contributed by atoms with Gasteiger partial charge in [0.1, 0.15) is 16.9 Å². The number of para-hydroxylation sites is 2. The third-order valence-electron chi connectivity index (χ3n) is 5.36. The van der Waals surface area contributed by atoms with Crippen molar-refractivity contribution in [1.82, 2.24) is 0 Å². The van der Waals surface area contributed by atoms with Gasteiger partial charge in [0.15, 0.2) is 0 Å². The molecule has 0 amide bonds. The predicted octanol–water partition coefficient (Wildman–Crippen LogP) is 5.81. The van der Waals surface area contributed by atoms with E-state index >= 15 is 0 Å². The smallest absolute Gasteiger partial charge is 0.303 e. The number of anilines is 1. The van der Waals surface area contributed by atoms with Crippen molar-refractivity contribution in [3.05, 3.63) is 70.3 Å². The lowest BCUT2D eigenvalue weighted by Gasteiger charge is -2.30. The highest BCUT2D eigenvalue weighted by molar-refractivity contribution is 7.18. The molecule has 1 aliphatic rings. The van der Waals surface area contributed by atoms with Crippen molar-refractivity contribution < 1.29 is 14.5 Å². The van der Waals surface area contributed by atoms with Gasteiger partial charge in [-0.05, 0) is 36.6 Å². The topological polar surface area (TPSA) is 44.4 Å². The first-order chi connectivity index (χ1) is 14.5. The molecule has 0 spiro atoms. The number of carboxylic acids is 1. The van der Waals surface area contributed by atoms with Crippen LogP contribution in [0.4, 0.5) is 5.69 Å². The molecule has 4 rings (SSSR count). The van der Waals surface area contributed by atoms with Crippen molar-refractivity contribution in [1.29, 1.82) is 0 Å². The van der Waals surface area contributed by atoms with Gasteiger partial charge < -0.3 is 10.0 Å². The summed E-state index contributed by atoms with van der Waals surface area (Å²) < 4.78 is 3.47. The number of halogens is 1. The number of unbranched alkanes of at least 4 members (excludes halogenated alkanes) is 2. The third kappa shape index (κ3) is 4.27. The zero-order chi connectivity index (χ0) is 21.1. The second-order valence-corrected chi connectivity index (χ2v) is 8.86. The largest absolute Gasteiger partial charge is 0.481 e. The molecule has 0 radical (unpaired) electrons. The van der Waals surface area contributed by atoms with E-state index in [9.17, 15) is 4.79 Å². The van der Waals surface area contributed by atoms with E-state index in [0.29, 0.717) is 11.6 Å². The number of aliphatic carboxylic acids is 1. The fourth-order valence-electron chi connectivity index (χ4n) is 3.80. The van der Waals surface area contributed by atoms with Gasteiger partial charge in [-0.1, -0.05) is 59.7 Å². The molecule has 1 aromatic heterocycles. The standard InChI is InChI=1S/C24H23ClN2O2S/c1-26-20-11-6-7-12-21(20)30-23(26)16-17-15-22(25)27(14-8-2-3-13-24(28)29)19-10-5-4-9-18(17)19/h4-7,9-12,15-16H,2-3,8,13-14H2,1H3/p+1. The van der Waals surface area contributed by atoms with Crippen LogP contribution in [0.3, 0.4) is 0 Å². The Morgan fingerprint density at radius 2 is 1.90 bits per heavy atom. The second kappa shape index (κ2) is 9.02. The number of allylic oxidation sites excluding steroid dienone is 2. The number of aryl methyl sites for hydroxylation is 1. The van der Waals surface area contributed by atoms with Gasteiger partial charge in [-0.2, -0.15) is 4.57 Å². The third-order valence-corrected chi connectivity index (χ3v) is 6.84. The minimum atomic E-state index is -0.736. The number of hydrogen-bond donors (Lipinski definition) is 1. The van der Waals surface area contributed by atoms with E-state index in [1.807, 2.05) is 12.1 Å². The molecule has 6 heteroatoms. The Kier molecular flexibility index (Phi) is 6.21. The number of fused-ring (bicyclic) bond motifs is 2. The maximum absolute atomic E-state index is 10.7. The minimum absolute atomic E-state index is 0.221. The van der Waals surface area contributed by atoms with Crippen LogP contribution >= 0.6 is 22.9 Å². The van der Waals surface area contributed by atoms with Crippen molar-refractivity contribution in [3.8, 4) is 0 Å². The summed E-state index contributed by atoms with van der Waals surface area (Å²) in [5, 5.41) is 10.7. The highest BCUT2D eigenvalue weighted by Crippen LogP contribution is 2.38. The molecule has 0 aliphatic carbocycles. The minimum Gasteiger partial charge on any atom is -0.481 e. The molecule has 0 unspecified atom stereocenters. The van der Waals surface area contributed by atoms with Crippen LogP contribution in [0.1, 0.15) is 36.3 Å². The van der Waals surface area contributed by atoms with Crippen molar-refractivity contribution in [3.63, 3.8) is 0 Å². The van der Waals surface area contributed by atoms with Gasteiger partial charge in [-0.15, -0.1) is 0 Å². The number of nitrogens with zero attached hydrogens (tertiary/aromatic N) is 2. The average molecular weight is 440 g/mol. The molecular weight excluding hydrogens is 416 g/mol. The van der Waals surface area contributed by atoms with E-state index in [0.717, 1.165) is 36.2 Å². The van der Waals surface area contributed by atoms with Crippen LogP contribution in [0.15, 0.2) is 59.8 Å².